The Morgan fingerprint density at radius 3 is 2.69 bits per heavy atom. The quantitative estimate of drug-likeness (QED) is 0.758. The number of aliphatic carboxylic acids is 1. The number of carbonyl (C=O) groups is 1. The smallest absolute Gasteiger partial charge is 0.312 e. The van der Waals surface area contributed by atoms with Crippen LogP contribution in [0.15, 0.2) is 6.07 Å². The average Bonchev–Trinajstić information content (AvgIpc) is 2.21. The first-order chi connectivity index (χ1) is 7.40. The molecule has 6 heteroatoms. The van der Waals surface area contributed by atoms with Gasteiger partial charge in [-0.15, -0.1) is 0 Å². The summed E-state index contributed by atoms with van der Waals surface area (Å²) in [5.74, 6) is -4.07. The summed E-state index contributed by atoms with van der Waals surface area (Å²) in [5.41, 5.74) is 5.53. The number of phenols is 1. The molecule has 1 aromatic rings. The van der Waals surface area contributed by atoms with Gasteiger partial charge in [-0.25, -0.2) is 4.39 Å². The van der Waals surface area contributed by atoms with Crippen LogP contribution in [0.2, 0.25) is 5.02 Å². The maximum Gasteiger partial charge on any atom is 0.312 e. The largest absolute Gasteiger partial charge is 0.505 e. The van der Waals surface area contributed by atoms with Crippen LogP contribution in [0.3, 0.4) is 0 Å². The first kappa shape index (κ1) is 12.7. The molecule has 0 saturated heterocycles. The molecule has 4 N–H and O–H groups in total. The molecule has 1 aromatic carbocycles. The SMILES string of the molecule is Cc1c(Cl)cc(F)c(O)c1C(CN)C(=O)O. The Kier molecular flexibility index (Phi) is 3.72. The third kappa shape index (κ3) is 2.10. The average molecular weight is 248 g/mol. The number of benzene rings is 1. The highest BCUT2D eigenvalue weighted by Crippen LogP contribution is 2.35. The van der Waals surface area contributed by atoms with Crippen molar-refractivity contribution in [3.63, 3.8) is 0 Å². The zero-order valence-corrected chi connectivity index (χ0v) is 9.25. The van der Waals surface area contributed by atoms with Crippen LogP contribution in [-0.2, 0) is 4.79 Å². The molecule has 1 rings (SSSR count). The minimum absolute atomic E-state index is 0.0602. The van der Waals surface area contributed by atoms with Gasteiger partial charge < -0.3 is 15.9 Å². The van der Waals surface area contributed by atoms with Gasteiger partial charge in [0.05, 0.1) is 5.92 Å². The Hall–Kier alpha value is -1.33. The highest BCUT2D eigenvalue weighted by molar-refractivity contribution is 6.31. The van der Waals surface area contributed by atoms with E-state index in [1.807, 2.05) is 0 Å². The lowest BCUT2D eigenvalue weighted by atomic mass is 9.93. The third-order valence-corrected chi connectivity index (χ3v) is 2.77. The molecule has 0 heterocycles. The minimum Gasteiger partial charge on any atom is -0.505 e. The Morgan fingerprint density at radius 1 is 1.69 bits per heavy atom. The molecule has 1 atom stereocenters. The zero-order valence-electron chi connectivity index (χ0n) is 8.50. The monoisotopic (exact) mass is 247 g/mol. The van der Waals surface area contributed by atoms with Gasteiger partial charge in [-0.1, -0.05) is 11.6 Å². The number of phenolic OH excluding ortho intramolecular Hbond substituents is 1. The van der Waals surface area contributed by atoms with Crippen molar-refractivity contribution in [2.24, 2.45) is 5.73 Å². The highest BCUT2D eigenvalue weighted by atomic mass is 35.5. The number of carboxylic acids is 1. The molecule has 0 radical (unpaired) electrons. The number of hydrogen-bond donors (Lipinski definition) is 3. The van der Waals surface area contributed by atoms with Crippen LogP contribution in [0.1, 0.15) is 17.0 Å². The maximum atomic E-state index is 13.2. The van der Waals surface area contributed by atoms with E-state index in [0.717, 1.165) is 6.07 Å². The van der Waals surface area contributed by atoms with E-state index in [1.165, 1.54) is 6.92 Å². The Bertz CT molecular complexity index is 410. The first-order valence-electron chi connectivity index (χ1n) is 4.50. The summed E-state index contributed by atoms with van der Waals surface area (Å²) >= 11 is 5.71. The lowest BCUT2D eigenvalue weighted by Gasteiger charge is -2.16. The van der Waals surface area contributed by atoms with Crippen LogP contribution in [-0.4, -0.2) is 22.7 Å². The second-order valence-corrected chi connectivity index (χ2v) is 3.76. The fourth-order valence-corrected chi connectivity index (χ4v) is 1.69. The van der Waals surface area contributed by atoms with Gasteiger partial charge in [0.15, 0.2) is 11.6 Å². The van der Waals surface area contributed by atoms with Gasteiger partial charge in [-0.3, -0.25) is 4.79 Å². The summed E-state index contributed by atoms with van der Waals surface area (Å²) in [6.45, 7) is 1.26. The third-order valence-electron chi connectivity index (χ3n) is 2.38. The Morgan fingerprint density at radius 2 is 2.25 bits per heavy atom. The summed E-state index contributed by atoms with van der Waals surface area (Å²) in [6, 6.07) is 0.936. The van der Waals surface area contributed by atoms with Gasteiger partial charge >= 0.3 is 5.97 Å². The van der Waals surface area contributed by atoms with Crippen LogP contribution < -0.4 is 5.73 Å². The molecule has 0 aliphatic carbocycles. The molecule has 88 valence electrons. The number of carboxylic acid groups (broad SMARTS) is 1. The summed E-state index contributed by atoms with van der Waals surface area (Å²) < 4.78 is 13.2. The fraction of sp³-hybridized carbons (Fsp3) is 0.300. The number of aromatic hydroxyl groups is 1. The van der Waals surface area contributed by atoms with Crippen LogP contribution in [0, 0.1) is 12.7 Å². The van der Waals surface area contributed by atoms with E-state index in [-0.39, 0.29) is 17.1 Å². The standard InChI is InChI=1S/C10H11ClFNO3/c1-4-6(11)2-7(12)9(14)8(4)5(3-13)10(15)16/h2,5,14H,3,13H2,1H3,(H,15,16). The van der Waals surface area contributed by atoms with Crippen molar-refractivity contribution in [1.29, 1.82) is 0 Å². The number of nitrogens with two attached hydrogens (primary N) is 1. The summed E-state index contributed by atoms with van der Waals surface area (Å²) in [4.78, 5) is 10.9. The van der Waals surface area contributed by atoms with Crippen molar-refractivity contribution >= 4 is 17.6 Å². The molecule has 0 amide bonds. The normalized spacial score (nSPS) is 12.5. The van der Waals surface area contributed by atoms with E-state index in [4.69, 9.17) is 22.4 Å². The lowest BCUT2D eigenvalue weighted by molar-refractivity contribution is -0.138. The molecule has 16 heavy (non-hydrogen) atoms. The first-order valence-corrected chi connectivity index (χ1v) is 4.88. The molecular formula is C10H11ClFNO3. The summed E-state index contributed by atoms with van der Waals surface area (Å²) in [7, 11) is 0. The predicted octanol–water partition coefficient (Wildman–Crippen LogP) is 1.62. The van der Waals surface area contributed by atoms with Gasteiger partial charge in [0.2, 0.25) is 0 Å². The van der Waals surface area contributed by atoms with Gasteiger partial charge in [-0.2, -0.15) is 0 Å². The van der Waals surface area contributed by atoms with Gasteiger partial charge in [0.25, 0.3) is 0 Å². The number of halogens is 2. The summed E-state index contributed by atoms with van der Waals surface area (Å²) in [6.07, 6.45) is 0. The zero-order chi connectivity index (χ0) is 12.5. The van der Waals surface area contributed by atoms with Crippen molar-refractivity contribution < 1.29 is 19.4 Å². The molecule has 4 nitrogen and oxygen atoms in total. The van der Waals surface area contributed by atoms with Crippen LogP contribution >= 0.6 is 11.6 Å². The Labute approximate surface area is 96.4 Å². The van der Waals surface area contributed by atoms with Crippen molar-refractivity contribution in [2.75, 3.05) is 6.54 Å². The Balaban J connectivity index is 3.47. The van der Waals surface area contributed by atoms with E-state index >= 15 is 0 Å². The molecule has 0 aliphatic rings. The van der Waals surface area contributed by atoms with E-state index in [0.29, 0.717) is 5.56 Å². The second-order valence-electron chi connectivity index (χ2n) is 3.35. The molecule has 0 spiro atoms. The number of hydrogen-bond acceptors (Lipinski definition) is 3. The molecule has 0 bridgehead atoms. The second kappa shape index (κ2) is 4.67. The van der Waals surface area contributed by atoms with Crippen LogP contribution in [0.5, 0.6) is 5.75 Å². The van der Waals surface area contributed by atoms with Crippen LogP contribution in [0.4, 0.5) is 4.39 Å². The summed E-state index contributed by atoms with van der Waals surface area (Å²) in [5, 5.41) is 18.5. The molecule has 0 fully saturated rings. The van der Waals surface area contributed by atoms with Gasteiger partial charge in [0, 0.05) is 17.1 Å². The topological polar surface area (TPSA) is 83.5 Å². The number of rotatable bonds is 3. The molecular weight excluding hydrogens is 237 g/mol. The lowest BCUT2D eigenvalue weighted by Crippen LogP contribution is -2.22. The van der Waals surface area contributed by atoms with Crippen molar-refractivity contribution in [3.05, 3.63) is 28.0 Å². The predicted molar refractivity (Wildman–Crippen MR) is 57.2 cm³/mol. The maximum absolute atomic E-state index is 13.2. The molecule has 0 saturated carbocycles. The molecule has 1 unspecified atom stereocenters. The van der Waals surface area contributed by atoms with E-state index in [2.05, 4.69) is 0 Å². The van der Waals surface area contributed by atoms with Crippen LogP contribution in [0.25, 0.3) is 0 Å². The van der Waals surface area contributed by atoms with Crippen molar-refractivity contribution in [3.8, 4) is 5.75 Å². The van der Waals surface area contributed by atoms with E-state index < -0.39 is 23.5 Å². The van der Waals surface area contributed by atoms with Gasteiger partial charge in [-0.05, 0) is 18.6 Å². The highest BCUT2D eigenvalue weighted by Gasteiger charge is 2.26. The minimum atomic E-state index is -1.23. The fourth-order valence-electron chi connectivity index (χ4n) is 1.49. The van der Waals surface area contributed by atoms with Crippen molar-refractivity contribution in [2.45, 2.75) is 12.8 Å². The molecule has 0 aliphatic heterocycles. The van der Waals surface area contributed by atoms with E-state index in [1.54, 1.807) is 0 Å². The molecule has 0 aromatic heterocycles. The van der Waals surface area contributed by atoms with Crippen molar-refractivity contribution in [1.82, 2.24) is 0 Å². The van der Waals surface area contributed by atoms with Gasteiger partial charge in [0.1, 0.15) is 0 Å². The van der Waals surface area contributed by atoms with E-state index in [9.17, 15) is 14.3 Å².